The molecule has 5 rings (SSSR count). The third kappa shape index (κ3) is 2.94. The van der Waals surface area contributed by atoms with Gasteiger partial charge in [-0.15, -0.1) is 0 Å². The highest BCUT2D eigenvalue weighted by Crippen LogP contribution is 2.55. The van der Waals surface area contributed by atoms with E-state index < -0.39 is 17.5 Å². The van der Waals surface area contributed by atoms with Crippen LogP contribution in [0.3, 0.4) is 0 Å². The number of nitrogens with one attached hydrogen (secondary N) is 1. The third-order valence-electron chi connectivity index (χ3n) is 5.81. The number of carbonyl (C=O) groups is 2. The number of halogens is 2. The van der Waals surface area contributed by atoms with Crippen LogP contribution in [0.4, 0.5) is 10.3 Å². The highest BCUT2D eigenvalue weighted by Gasteiger charge is 2.61. The first-order chi connectivity index (χ1) is 13.5. The smallest absolute Gasteiger partial charge is 0.254 e. The number of aromatic nitrogens is 2. The Hall–Kier alpha value is -2.54. The number of amides is 2. The normalized spacial score (nSPS) is 25.6. The maximum atomic E-state index is 14.4. The molecule has 6 nitrogen and oxygen atoms in total. The largest absolute Gasteiger partial charge is 0.328 e. The van der Waals surface area contributed by atoms with Crippen molar-refractivity contribution >= 4 is 29.4 Å². The van der Waals surface area contributed by atoms with Gasteiger partial charge in [0.1, 0.15) is 12.7 Å². The average molecular weight is 401 g/mol. The second-order valence-electron chi connectivity index (χ2n) is 7.84. The Morgan fingerprint density at radius 2 is 2.04 bits per heavy atom. The van der Waals surface area contributed by atoms with Gasteiger partial charge in [0.2, 0.25) is 11.9 Å². The lowest BCUT2D eigenvalue weighted by molar-refractivity contribution is -0.117. The highest BCUT2D eigenvalue weighted by molar-refractivity contribution is 6.30. The van der Waals surface area contributed by atoms with Crippen LogP contribution >= 0.6 is 11.6 Å². The van der Waals surface area contributed by atoms with Gasteiger partial charge >= 0.3 is 0 Å². The first-order valence-electron chi connectivity index (χ1n) is 9.31. The third-order valence-corrected chi connectivity index (χ3v) is 6.00. The Kier molecular flexibility index (Phi) is 3.91. The number of hydrogen-bond acceptors (Lipinski definition) is 4. The molecule has 2 amide bonds. The van der Waals surface area contributed by atoms with Crippen LogP contribution in [-0.2, 0) is 10.2 Å². The van der Waals surface area contributed by atoms with E-state index in [0.29, 0.717) is 22.9 Å². The molecule has 1 spiro atoms. The van der Waals surface area contributed by atoms with E-state index >= 15 is 0 Å². The zero-order valence-corrected chi connectivity index (χ0v) is 15.7. The van der Waals surface area contributed by atoms with Gasteiger partial charge in [0.15, 0.2) is 0 Å². The molecule has 8 heteroatoms. The van der Waals surface area contributed by atoms with E-state index in [2.05, 4.69) is 15.3 Å². The molecule has 0 bridgehead atoms. The summed E-state index contributed by atoms with van der Waals surface area (Å²) in [7, 11) is 0. The summed E-state index contributed by atoms with van der Waals surface area (Å²) in [6, 6.07) is 5.77. The zero-order valence-electron chi connectivity index (χ0n) is 15.0. The van der Waals surface area contributed by atoms with Gasteiger partial charge in [0.05, 0.1) is 17.4 Å². The number of fused-ring (bicyclic) bond motifs is 2. The van der Waals surface area contributed by atoms with Crippen molar-refractivity contribution in [2.75, 3.05) is 18.4 Å². The number of carbonyl (C=O) groups excluding carboxylic acids is 2. The minimum absolute atomic E-state index is 0.109. The molecule has 2 fully saturated rings. The number of hydrogen-bond donors (Lipinski definition) is 1. The summed E-state index contributed by atoms with van der Waals surface area (Å²) in [4.78, 5) is 34.6. The van der Waals surface area contributed by atoms with Gasteiger partial charge in [-0.25, -0.2) is 14.4 Å². The van der Waals surface area contributed by atoms with Crippen molar-refractivity contribution in [1.29, 1.82) is 0 Å². The SMILES string of the molecule is O=C(CN1C[C@@]2(CC2F)c2cc(C3CC3)ccc2C1=O)Nc1ncc(Cl)cn1. The molecule has 1 aliphatic heterocycles. The van der Waals surface area contributed by atoms with Crippen LogP contribution < -0.4 is 5.32 Å². The van der Waals surface area contributed by atoms with Crippen molar-refractivity contribution in [2.45, 2.75) is 36.8 Å². The van der Waals surface area contributed by atoms with E-state index in [9.17, 15) is 14.0 Å². The maximum absolute atomic E-state index is 14.4. The van der Waals surface area contributed by atoms with Crippen LogP contribution in [0.15, 0.2) is 30.6 Å². The lowest BCUT2D eigenvalue weighted by Gasteiger charge is -2.34. The molecule has 2 saturated carbocycles. The van der Waals surface area contributed by atoms with Gasteiger partial charge in [-0.05, 0) is 42.4 Å². The number of nitrogens with zero attached hydrogens (tertiary/aromatic N) is 3. The molecule has 3 aliphatic rings. The van der Waals surface area contributed by atoms with E-state index in [-0.39, 0.29) is 24.9 Å². The van der Waals surface area contributed by atoms with E-state index in [1.165, 1.54) is 22.9 Å². The Morgan fingerprint density at radius 1 is 1.32 bits per heavy atom. The van der Waals surface area contributed by atoms with Crippen LogP contribution in [0, 0.1) is 0 Å². The van der Waals surface area contributed by atoms with E-state index in [4.69, 9.17) is 11.6 Å². The second-order valence-corrected chi connectivity index (χ2v) is 8.28. The van der Waals surface area contributed by atoms with Crippen LogP contribution in [0.25, 0.3) is 0 Å². The zero-order chi connectivity index (χ0) is 19.5. The summed E-state index contributed by atoms with van der Waals surface area (Å²) in [6.07, 6.45) is 4.45. The van der Waals surface area contributed by atoms with Gasteiger partial charge in [-0.1, -0.05) is 23.7 Å². The van der Waals surface area contributed by atoms with Gasteiger partial charge < -0.3 is 4.90 Å². The quantitative estimate of drug-likeness (QED) is 0.855. The van der Waals surface area contributed by atoms with Gasteiger partial charge in [-0.2, -0.15) is 0 Å². The molecule has 2 aromatic rings. The molecule has 1 unspecified atom stereocenters. The number of benzene rings is 1. The minimum Gasteiger partial charge on any atom is -0.328 e. The number of rotatable bonds is 4. The van der Waals surface area contributed by atoms with Gasteiger partial charge in [-0.3, -0.25) is 14.9 Å². The summed E-state index contributed by atoms with van der Waals surface area (Å²) >= 11 is 5.73. The molecule has 2 aliphatic carbocycles. The topological polar surface area (TPSA) is 75.2 Å². The second kappa shape index (κ2) is 6.24. The fourth-order valence-electron chi connectivity index (χ4n) is 4.04. The molecule has 28 heavy (non-hydrogen) atoms. The van der Waals surface area contributed by atoms with Crippen molar-refractivity contribution < 1.29 is 14.0 Å². The van der Waals surface area contributed by atoms with Gasteiger partial charge in [0.25, 0.3) is 5.91 Å². The maximum Gasteiger partial charge on any atom is 0.254 e. The fourth-order valence-corrected chi connectivity index (χ4v) is 4.14. The Labute approximate surface area is 166 Å². The van der Waals surface area contributed by atoms with Crippen LogP contribution in [0.5, 0.6) is 0 Å². The monoisotopic (exact) mass is 400 g/mol. The van der Waals surface area contributed by atoms with E-state index in [0.717, 1.165) is 18.4 Å². The molecule has 1 aromatic carbocycles. The first kappa shape index (κ1) is 17.6. The lowest BCUT2D eigenvalue weighted by atomic mass is 9.84. The molecule has 2 heterocycles. The lowest BCUT2D eigenvalue weighted by Crippen LogP contribution is -2.47. The number of anilines is 1. The summed E-state index contributed by atoms with van der Waals surface area (Å²) in [5, 5.41) is 2.90. The molecule has 1 N–H and O–H groups in total. The predicted molar refractivity (Wildman–Crippen MR) is 101 cm³/mol. The molecule has 144 valence electrons. The van der Waals surface area contributed by atoms with Crippen molar-refractivity contribution in [1.82, 2.24) is 14.9 Å². The molecule has 0 saturated heterocycles. The van der Waals surface area contributed by atoms with Crippen molar-refractivity contribution in [3.8, 4) is 0 Å². The Balaban J connectivity index is 1.37. The van der Waals surface area contributed by atoms with Crippen molar-refractivity contribution in [3.05, 3.63) is 52.3 Å². The van der Waals surface area contributed by atoms with Crippen LogP contribution in [0.2, 0.25) is 5.02 Å². The molecular weight excluding hydrogens is 383 g/mol. The summed E-state index contributed by atoms with van der Waals surface area (Å²) in [5.41, 5.74) is 1.83. The van der Waals surface area contributed by atoms with Crippen LogP contribution in [-0.4, -0.2) is 45.9 Å². The molecule has 2 atom stereocenters. The average Bonchev–Trinajstić information content (AvgIpc) is 3.59. The van der Waals surface area contributed by atoms with E-state index in [1.54, 1.807) is 6.07 Å². The van der Waals surface area contributed by atoms with Crippen LogP contribution in [0.1, 0.15) is 46.7 Å². The van der Waals surface area contributed by atoms with Gasteiger partial charge in [0, 0.05) is 17.5 Å². The van der Waals surface area contributed by atoms with Crippen molar-refractivity contribution in [2.24, 2.45) is 0 Å². The van der Waals surface area contributed by atoms with Crippen molar-refractivity contribution in [3.63, 3.8) is 0 Å². The Morgan fingerprint density at radius 3 is 2.68 bits per heavy atom. The Bertz CT molecular complexity index is 979. The molecule has 1 aromatic heterocycles. The fraction of sp³-hybridized carbons (Fsp3) is 0.400. The number of alkyl halides is 1. The highest BCUT2D eigenvalue weighted by atomic mass is 35.5. The molecule has 0 radical (unpaired) electrons. The minimum atomic E-state index is -0.987. The standard InChI is InChI=1S/C20H18ClFN4O2/c21-13-7-23-19(24-8-13)25-17(27)9-26-10-20(6-16(20)22)15-5-12(11-1-2-11)3-4-14(15)18(26)28/h3-5,7-8,11,16H,1-2,6,9-10H2,(H,23,24,25,27)/t16?,20-/m0/s1. The molecular formula is C20H18ClFN4O2. The summed E-state index contributed by atoms with van der Waals surface area (Å²) in [5.74, 6) is -0.0236. The predicted octanol–water partition coefficient (Wildman–Crippen LogP) is 3.08. The summed E-state index contributed by atoms with van der Waals surface area (Å²) in [6.45, 7) is 0.0339. The van der Waals surface area contributed by atoms with E-state index in [1.807, 2.05) is 12.1 Å². The first-order valence-corrected chi connectivity index (χ1v) is 9.69. The summed E-state index contributed by atoms with van der Waals surface area (Å²) < 4.78 is 14.4.